The van der Waals surface area contributed by atoms with E-state index in [1.54, 1.807) is 17.0 Å². The molecule has 3 aliphatic rings. The molecule has 0 radical (unpaired) electrons. The fraction of sp³-hybridized carbons (Fsp3) is 0.550. The van der Waals surface area contributed by atoms with Crippen LogP contribution in [0.1, 0.15) is 32.1 Å². The average Bonchev–Trinajstić information content (AvgIpc) is 3.16. The first-order valence-electron chi connectivity index (χ1n) is 10.5. The van der Waals surface area contributed by atoms with Crippen LogP contribution in [-0.2, 0) is 4.74 Å². The summed E-state index contributed by atoms with van der Waals surface area (Å²) in [5.41, 5.74) is 4.36. The molecule has 156 valence electrons. The highest BCUT2D eigenvalue weighted by molar-refractivity contribution is 5.91. The molecule has 6 rings (SSSR count). The molecule has 1 aliphatic carbocycles. The maximum absolute atomic E-state index is 14.1. The Labute approximate surface area is 172 Å². The maximum Gasteiger partial charge on any atom is 0.269 e. The van der Waals surface area contributed by atoms with Crippen LogP contribution in [0.2, 0.25) is 0 Å². The number of aliphatic imine (C=N–C) groups is 1. The van der Waals surface area contributed by atoms with Gasteiger partial charge in [0, 0.05) is 31.3 Å². The van der Waals surface area contributed by atoms with Crippen LogP contribution in [0.4, 0.5) is 16.0 Å². The van der Waals surface area contributed by atoms with Crippen LogP contribution in [-0.4, -0.2) is 68.0 Å². The summed E-state index contributed by atoms with van der Waals surface area (Å²) in [6.45, 7) is 2.44. The molecule has 3 fully saturated rings. The number of nitrogens with one attached hydrogen (secondary N) is 1. The Morgan fingerprint density at radius 2 is 2.10 bits per heavy atom. The summed E-state index contributed by atoms with van der Waals surface area (Å²) < 4.78 is 20.9. The summed E-state index contributed by atoms with van der Waals surface area (Å²) in [5, 5.41) is 11.4. The lowest BCUT2D eigenvalue weighted by molar-refractivity contribution is 0.0896. The summed E-state index contributed by atoms with van der Waals surface area (Å²) in [6, 6.07) is 0. The van der Waals surface area contributed by atoms with Crippen LogP contribution in [0.5, 0.6) is 0 Å². The number of aromatic amines is 1. The van der Waals surface area contributed by atoms with Crippen LogP contribution < -0.4 is 4.90 Å². The van der Waals surface area contributed by atoms with Crippen molar-refractivity contribution in [3.05, 3.63) is 18.7 Å². The van der Waals surface area contributed by atoms with E-state index in [0.29, 0.717) is 29.8 Å². The number of alkyl halides is 1. The Morgan fingerprint density at radius 1 is 1.23 bits per heavy atom. The second-order valence-electron chi connectivity index (χ2n) is 8.49. The molecule has 1 saturated carbocycles. The van der Waals surface area contributed by atoms with Crippen molar-refractivity contribution >= 4 is 23.0 Å². The molecule has 3 aromatic heterocycles. The number of hydrogen-bond acceptors (Lipinski definition) is 7. The molecule has 1 N–H and O–H groups in total. The van der Waals surface area contributed by atoms with E-state index in [0.717, 1.165) is 30.0 Å². The van der Waals surface area contributed by atoms with Crippen molar-refractivity contribution in [1.29, 1.82) is 0 Å². The summed E-state index contributed by atoms with van der Waals surface area (Å²) in [6.07, 6.45) is 9.55. The number of anilines is 1. The molecule has 2 aliphatic heterocycles. The highest BCUT2D eigenvalue weighted by Crippen LogP contribution is 2.54. The van der Waals surface area contributed by atoms with Gasteiger partial charge in [-0.05, 0) is 31.1 Å². The molecule has 1 atom stereocenters. The van der Waals surface area contributed by atoms with Gasteiger partial charge in [-0.1, -0.05) is 0 Å². The molecule has 5 heterocycles. The minimum atomic E-state index is -1.21. The maximum atomic E-state index is 14.1. The highest BCUT2D eigenvalue weighted by Gasteiger charge is 2.45. The number of hydrogen-bond donors (Lipinski definition) is 1. The van der Waals surface area contributed by atoms with E-state index in [-0.39, 0.29) is 12.6 Å². The third-order valence-corrected chi connectivity index (χ3v) is 6.59. The molecular formula is C20H23FN8O. The van der Waals surface area contributed by atoms with E-state index in [4.69, 9.17) is 4.74 Å². The van der Waals surface area contributed by atoms with Gasteiger partial charge in [-0.25, -0.2) is 14.4 Å². The third kappa shape index (κ3) is 3.06. The van der Waals surface area contributed by atoms with E-state index >= 15 is 0 Å². The van der Waals surface area contributed by atoms with Gasteiger partial charge in [0.1, 0.15) is 17.7 Å². The van der Waals surface area contributed by atoms with Crippen LogP contribution >= 0.6 is 0 Å². The van der Waals surface area contributed by atoms with Crippen molar-refractivity contribution < 1.29 is 9.13 Å². The van der Waals surface area contributed by atoms with Gasteiger partial charge in [0.15, 0.2) is 11.8 Å². The van der Waals surface area contributed by atoms with Crippen molar-refractivity contribution in [2.75, 3.05) is 31.2 Å². The Morgan fingerprint density at radius 3 is 2.83 bits per heavy atom. The lowest BCUT2D eigenvalue weighted by atomic mass is 9.93. The Hall–Kier alpha value is -2.88. The van der Waals surface area contributed by atoms with Gasteiger partial charge in [-0.15, -0.1) is 5.10 Å². The van der Waals surface area contributed by atoms with Crippen molar-refractivity contribution in [2.45, 2.75) is 38.3 Å². The minimum Gasteiger partial charge on any atom is -0.378 e. The van der Waals surface area contributed by atoms with Crippen molar-refractivity contribution in [1.82, 2.24) is 29.8 Å². The number of H-pyrrole nitrogens is 1. The van der Waals surface area contributed by atoms with Gasteiger partial charge < -0.3 is 9.64 Å². The number of rotatable bonds is 3. The largest absolute Gasteiger partial charge is 0.378 e. The topological polar surface area (TPSA) is 96.6 Å². The summed E-state index contributed by atoms with van der Waals surface area (Å²) in [5.74, 6) is 0.262. The molecule has 10 heteroatoms. The molecule has 0 bridgehead atoms. The molecule has 2 saturated heterocycles. The van der Waals surface area contributed by atoms with Gasteiger partial charge in [-0.3, -0.25) is 5.10 Å². The first-order valence-corrected chi connectivity index (χ1v) is 10.5. The molecule has 0 aromatic carbocycles. The van der Waals surface area contributed by atoms with E-state index in [9.17, 15) is 4.39 Å². The fourth-order valence-corrected chi connectivity index (χ4v) is 4.52. The zero-order valence-corrected chi connectivity index (χ0v) is 16.6. The normalized spacial score (nSPS) is 24.8. The third-order valence-electron chi connectivity index (χ3n) is 6.59. The zero-order valence-electron chi connectivity index (χ0n) is 16.6. The van der Waals surface area contributed by atoms with Crippen LogP contribution in [0.15, 0.2) is 23.7 Å². The number of piperidine rings is 1. The standard InChI is InChI=1S/C20H23FN8O/c21-14-11-30-8-1-15(14)25-19-26-18-17(28-6-4-20(2-3-20)5-7-28)16(13-9-23-24-10-13)22-12-29(18)27-19/h9-10,12,14H,1-8,11H2,(H,23,24)/b25-15+/t14-/m1/s1. The van der Waals surface area contributed by atoms with E-state index in [1.165, 1.54) is 25.7 Å². The lowest BCUT2D eigenvalue weighted by Crippen LogP contribution is -2.35. The van der Waals surface area contributed by atoms with E-state index < -0.39 is 6.17 Å². The first-order chi connectivity index (χ1) is 14.7. The Balaban J connectivity index is 1.44. The van der Waals surface area contributed by atoms with Crippen LogP contribution in [0, 0.1) is 5.41 Å². The smallest absolute Gasteiger partial charge is 0.269 e. The number of aromatic nitrogens is 6. The monoisotopic (exact) mass is 410 g/mol. The molecule has 0 amide bonds. The van der Waals surface area contributed by atoms with Crippen molar-refractivity contribution in [3.8, 4) is 11.3 Å². The van der Waals surface area contributed by atoms with Crippen molar-refractivity contribution in [3.63, 3.8) is 0 Å². The predicted molar refractivity (Wildman–Crippen MR) is 109 cm³/mol. The predicted octanol–water partition coefficient (Wildman–Crippen LogP) is 2.73. The molecular weight excluding hydrogens is 387 g/mol. The minimum absolute atomic E-state index is 0.0408. The van der Waals surface area contributed by atoms with Gasteiger partial charge in [0.2, 0.25) is 0 Å². The highest BCUT2D eigenvalue weighted by atomic mass is 19.1. The van der Waals surface area contributed by atoms with Gasteiger partial charge >= 0.3 is 0 Å². The molecule has 9 nitrogen and oxygen atoms in total. The molecule has 30 heavy (non-hydrogen) atoms. The van der Waals surface area contributed by atoms with Gasteiger partial charge in [-0.2, -0.15) is 14.6 Å². The molecule has 0 unspecified atom stereocenters. The number of halogens is 1. The van der Waals surface area contributed by atoms with Crippen LogP contribution in [0.25, 0.3) is 16.9 Å². The second-order valence-corrected chi connectivity index (χ2v) is 8.49. The molecule has 1 spiro atoms. The fourth-order valence-electron chi connectivity index (χ4n) is 4.52. The summed E-state index contributed by atoms with van der Waals surface area (Å²) in [7, 11) is 0. The Bertz CT molecular complexity index is 1090. The lowest BCUT2D eigenvalue weighted by Gasteiger charge is -2.34. The van der Waals surface area contributed by atoms with E-state index in [1.807, 2.05) is 6.20 Å². The summed E-state index contributed by atoms with van der Waals surface area (Å²) in [4.78, 5) is 16.1. The Kier molecular flexibility index (Phi) is 4.08. The number of fused-ring (bicyclic) bond motifs is 1. The quantitative estimate of drug-likeness (QED) is 0.713. The number of ether oxygens (including phenoxy) is 1. The second kappa shape index (κ2) is 6.83. The molecule has 3 aromatic rings. The van der Waals surface area contributed by atoms with Gasteiger partial charge in [0.05, 0.1) is 25.1 Å². The zero-order chi connectivity index (χ0) is 20.1. The van der Waals surface area contributed by atoms with Crippen molar-refractivity contribution in [2.24, 2.45) is 10.4 Å². The van der Waals surface area contributed by atoms with Gasteiger partial charge in [0.25, 0.3) is 5.95 Å². The SMILES string of the molecule is F[C@@H]1COCC/C1=N\c1nc2c(N3CCC4(CC3)CC4)c(-c3cn[nH]c3)ncn2n1. The first kappa shape index (κ1) is 17.9. The van der Waals surface area contributed by atoms with Crippen LogP contribution in [0.3, 0.4) is 0 Å². The number of nitrogens with zero attached hydrogens (tertiary/aromatic N) is 7. The average molecular weight is 410 g/mol. The summed E-state index contributed by atoms with van der Waals surface area (Å²) >= 11 is 0. The van der Waals surface area contributed by atoms with E-state index in [2.05, 4.69) is 35.2 Å².